The number of carboxylic acid groups (broad SMARTS) is 1. The Kier molecular flexibility index (Phi) is 2.43. The van der Waals surface area contributed by atoms with E-state index in [-0.39, 0.29) is 11.7 Å². The largest absolute Gasteiger partial charge is 0.481 e. The molecule has 2 aliphatic carbocycles. The zero-order valence-corrected chi connectivity index (χ0v) is 11.2. The fourth-order valence-electron chi connectivity index (χ4n) is 3.71. The zero-order chi connectivity index (χ0) is 14.6. The molecule has 1 N–H and O–H groups in total. The van der Waals surface area contributed by atoms with Gasteiger partial charge in [0.2, 0.25) is 0 Å². The normalized spacial score (nSPS) is 25.9. The molecule has 0 aliphatic heterocycles. The Balaban J connectivity index is 1.86. The van der Waals surface area contributed by atoms with E-state index in [1.54, 1.807) is 18.2 Å². The van der Waals surface area contributed by atoms with E-state index in [0.29, 0.717) is 29.8 Å². The molecule has 2 aliphatic rings. The van der Waals surface area contributed by atoms with Crippen molar-refractivity contribution in [1.82, 2.24) is 10.2 Å². The van der Waals surface area contributed by atoms with Gasteiger partial charge in [-0.25, -0.2) is 4.39 Å². The maximum absolute atomic E-state index is 13.9. The number of hydrogen-bond donors (Lipinski definition) is 1. The van der Waals surface area contributed by atoms with E-state index in [4.69, 9.17) is 0 Å². The average molecular weight is 284 g/mol. The van der Waals surface area contributed by atoms with Crippen LogP contribution in [0.15, 0.2) is 30.3 Å². The second kappa shape index (κ2) is 4.10. The van der Waals surface area contributed by atoms with Gasteiger partial charge >= 0.3 is 5.97 Å². The van der Waals surface area contributed by atoms with Gasteiger partial charge in [0, 0.05) is 5.56 Å². The Morgan fingerprint density at radius 2 is 2.14 bits per heavy atom. The van der Waals surface area contributed by atoms with Crippen LogP contribution in [0.25, 0.3) is 11.3 Å². The highest BCUT2D eigenvalue weighted by molar-refractivity contribution is 5.84. The molecule has 5 heteroatoms. The number of carbonyl (C=O) groups is 1. The molecule has 1 heterocycles. The third-order valence-corrected chi connectivity index (χ3v) is 4.79. The first-order valence-electron chi connectivity index (χ1n) is 6.98. The molecule has 0 spiro atoms. The molecule has 0 amide bonds. The lowest BCUT2D eigenvalue weighted by Gasteiger charge is -2.22. The molecule has 0 saturated heterocycles. The Hall–Kier alpha value is -2.30. The third-order valence-electron chi connectivity index (χ3n) is 4.79. The van der Waals surface area contributed by atoms with Gasteiger partial charge in [-0.05, 0) is 48.9 Å². The molecule has 2 aromatic rings. The number of rotatable bonds is 2. The van der Waals surface area contributed by atoms with Gasteiger partial charge in [-0.1, -0.05) is 12.1 Å². The maximum Gasteiger partial charge on any atom is 0.315 e. The SMILES string of the molecule is O=C(O)[C@]12CC[C@H](C1)c1cc(-c3ccccc3F)nnc12. The minimum atomic E-state index is -0.874. The summed E-state index contributed by atoms with van der Waals surface area (Å²) in [7, 11) is 0. The number of benzene rings is 1. The summed E-state index contributed by atoms with van der Waals surface area (Å²) in [6.45, 7) is 0. The molecule has 106 valence electrons. The monoisotopic (exact) mass is 284 g/mol. The van der Waals surface area contributed by atoms with Gasteiger partial charge in [-0.2, -0.15) is 10.2 Å². The van der Waals surface area contributed by atoms with Crippen molar-refractivity contribution < 1.29 is 14.3 Å². The molecule has 4 nitrogen and oxygen atoms in total. The van der Waals surface area contributed by atoms with Crippen LogP contribution in [0.3, 0.4) is 0 Å². The minimum Gasteiger partial charge on any atom is -0.481 e. The summed E-state index contributed by atoms with van der Waals surface area (Å²) >= 11 is 0. The Labute approximate surface area is 120 Å². The number of hydrogen-bond acceptors (Lipinski definition) is 3. The molecule has 1 saturated carbocycles. The predicted molar refractivity (Wildman–Crippen MR) is 73.3 cm³/mol. The summed E-state index contributed by atoms with van der Waals surface area (Å²) < 4.78 is 13.9. The Morgan fingerprint density at radius 3 is 2.90 bits per heavy atom. The van der Waals surface area contributed by atoms with Gasteiger partial charge in [-0.3, -0.25) is 4.79 Å². The summed E-state index contributed by atoms with van der Waals surface area (Å²) in [4.78, 5) is 11.6. The van der Waals surface area contributed by atoms with Crippen molar-refractivity contribution in [2.24, 2.45) is 0 Å². The van der Waals surface area contributed by atoms with Crippen molar-refractivity contribution in [3.63, 3.8) is 0 Å². The first kappa shape index (κ1) is 12.4. The smallest absolute Gasteiger partial charge is 0.315 e. The minimum absolute atomic E-state index is 0.206. The van der Waals surface area contributed by atoms with Crippen LogP contribution in [0.4, 0.5) is 4.39 Å². The molecular formula is C16H13FN2O2. The van der Waals surface area contributed by atoms with Gasteiger partial charge < -0.3 is 5.11 Å². The number of nitrogens with zero attached hydrogens (tertiary/aromatic N) is 2. The first-order valence-corrected chi connectivity index (χ1v) is 6.98. The van der Waals surface area contributed by atoms with Gasteiger partial charge in [0.15, 0.2) is 0 Å². The predicted octanol–water partition coefficient (Wildman–Crippen LogP) is 2.89. The second-order valence-corrected chi connectivity index (χ2v) is 5.84. The van der Waals surface area contributed by atoms with Crippen molar-refractivity contribution >= 4 is 5.97 Å². The molecular weight excluding hydrogens is 271 g/mol. The van der Waals surface area contributed by atoms with Crippen molar-refractivity contribution in [3.8, 4) is 11.3 Å². The van der Waals surface area contributed by atoms with Crippen LogP contribution in [-0.4, -0.2) is 21.3 Å². The average Bonchev–Trinajstić information content (AvgIpc) is 3.06. The topological polar surface area (TPSA) is 63.1 Å². The van der Waals surface area contributed by atoms with E-state index in [0.717, 1.165) is 12.0 Å². The number of fused-ring (bicyclic) bond motifs is 5. The lowest BCUT2D eigenvalue weighted by atomic mass is 9.83. The number of aromatic nitrogens is 2. The molecule has 2 bridgehead atoms. The molecule has 1 aromatic heterocycles. The van der Waals surface area contributed by atoms with E-state index in [1.807, 2.05) is 6.07 Å². The van der Waals surface area contributed by atoms with Crippen LogP contribution >= 0.6 is 0 Å². The van der Waals surface area contributed by atoms with Crippen molar-refractivity contribution in [3.05, 3.63) is 47.4 Å². The number of aliphatic carboxylic acids is 1. The molecule has 2 atom stereocenters. The van der Waals surface area contributed by atoms with Crippen molar-refractivity contribution in [2.45, 2.75) is 30.6 Å². The van der Waals surface area contributed by atoms with E-state index in [2.05, 4.69) is 10.2 Å². The summed E-state index contributed by atoms with van der Waals surface area (Å²) in [5.41, 5.74) is 1.50. The van der Waals surface area contributed by atoms with Gasteiger partial charge in [0.25, 0.3) is 0 Å². The number of halogens is 1. The first-order chi connectivity index (χ1) is 10.1. The lowest BCUT2D eigenvalue weighted by Crippen LogP contribution is -2.32. The van der Waals surface area contributed by atoms with E-state index in [9.17, 15) is 14.3 Å². The van der Waals surface area contributed by atoms with E-state index in [1.165, 1.54) is 6.07 Å². The maximum atomic E-state index is 13.9. The Bertz CT molecular complexity index is 762. The molecule has 0 unspecified atom stereocenters. The van der Waals surface area contributed by atoms with Gasteiger partial charge in [-0.15, -0.1) is 0 Å². The van der Waals surface area contributed by atoms with Crippen LogP contribution in [0.1, 0.15) is 36.4 Å². The van der Waals surface area contributed by atoms with Gasteiger partial charge in [0.05, 0.1) is 11.4 Å². The van der Waals surface area contributed by atoms with Crippen LogP contribution in [0.5, 0.6) is 0 Å². The standard InChI is InChI=1S/C16H13FN2O2/c17-12-4-2-1-3-10(12)13-7-11-9-5-6-16(8-9,15(20)21)14(11)19-18-13/h1-4,7,9H,5-6,8H2,(H,20,21)/t9-,16-/m1/s1. The van der Waals surface area contributed by atoms with Crippen LogP contribution in [0.2, 0.25) is 0 Å². The fourth-order valence-corrected chi connectivity index (χ4v) is 3.71. The third kappa shape index (κ3) is 1.57. The van der Waals surface area contributed by atoms with E-state index >= 15 is 0 Å². The molecule has 0 radical (unpaired) electrons. The van der Waals surface area contributed by atoms with E-state index < -0.39 is 11.4 Å². The van der Waals surface area contributed by atoms with Crippen molar-refractivity contribution in [2.75, 3.05) is 0 Å². The lowest BCUT2D eigenvalue weighted by molar-refractivity contribution is -0.143. The quantitative estimate of drug-likeness (QED) is 0.921. The number of carboxylic acids is 1. The summed E-state index contributed by atoms with van der Waals surface area (Å²) in [6, 6.07) is 8.23. The Morgan fingerprint density at radius 1 is 1.33 bits per heavy atom. The molecule has 21 heavy (non-hydrogen) atoms. The fraction of sp³-hybridized carbons (Fsp3) is 0.312. The molecule has 1 aromatic carbocycles. The second-order valence-electron chi connectivity index (χ2n) is 5.84. The molecule has 1 fully saturated rings. The van der Waals surface area contributed by atoms with Gasteiger partial charge in [0.1, 0.15) is 11.2 Å². The summed E-state index contributed by atoms with van der Waals surface area (Å²) in [6.07, 6.45) is 2.06. The zero-order valence-electron chi connectivity index (χ0n) is 11.2. The van der Waals surface area contributed by atoms with Crippen molar-refractivity contribution in [1.29, 1.82) is 0 Å². The summed E-state index contributed by atoms with van der Waals surface area (Å²) in [5, 5.41) is 17.8. The van der Waals surface area contributed by atoms with Crippen LogP contribution < -0.4 is 0 Å². The van der Waals surface area contributed by atoms with Crippen LogP contribution in [0, 0.1) is 5.82 Å². The van der Waals surface area contributed by atoms with Crippen LogP contribution in [-0.2, 0) is 10.2 Å². The molecule has 4 rings (SSSR count). The highest BCUT2D eigenvalue weighted by Gasteiger charge is 2.56. The summed E-state index contributed by atoms with van der Waals surface area (Å²) in [5.74, 6) is -0.961. The highest BCUT2D eigenvalue weighted by atomic mass is 19.1. The highest BCUT2D eigenvalue weighted by Crippen LogP contribution is 2.56.